The van der Waals surface area contributed by atoms with E-state index < -0.39 is 5.92 Å². The summed E-state index contributed by atoms with van der Waals surface area (Å²) in [6, 6.07) is 11.5. The summed E-state index contributed by atoms with van der Waals surface area (Å²) in [6.45, 7) is 2.43. The molecule has 0 saturated carbocycles. The number of aryl methyl sites for hydroxylation is 1. The maximum absolute atomic E-state index is 12.7. The van der Waals surface area contributed by atoms with Crippen LogP contribution in [0.3, 0.4) is 0 Å². The zero-order valence-corrected chi connectivity index (χ0v) is 18.1. The van der Waals surface area contributed by atoms with Crippen molar-refractivity contribution in [3.63, 3.8) is 0 Å². The molecule has 0 amide bonds. The monoisotopic (exact) mass is 440 g/mol. The SMILES string of the molecule is CCc1sc([C@H]2C(C#N)=C(N)OC3=C2C(=O)CCC3)cc1COc1ccccc1Cl. The third kappa shape index (κ3) is 3.71. The van der Waals surface area contributed by atoms with Gasteiger partial charge < -0.3 is 15.2 Å². The average Bonchev–Trinajstić information content (AvgIpc) is 3.15. The molecule has 0 fully saturated rings. The van der Waals surface area contributed by atoms with Crippen LogP contribution in [0.4, 0.5) is 0 Å². The van der Waals surface area contributed by atoms with Gasteiger partial charge in [0, 0.05) is 33.7 Å². The molecule has 1 aromatic carbocycles. The summed E-state index contributed by atoms with van der Waals surface area (Å²) < 4.78 is 11.6. The standard InChI is InChI=1S/C23H21ClN2O3S/c1-2-19-13(12-28-17-8-4-3-6-15(17)24)10-20(30-19)21-14(11-25)23(26)29-18-9-5-7-16(27)22(18)21/h3-4,6,8,10,21H,2,5,7,9,12,26H2,1H3/t21-/m1/s1. The lowest BCUT2D eigenvalue weighted by molar-refractivity contribution is -0.116. The molecular weight excluding hydrogens is 420 g/mol. The Morgan fingerprint density at radius 1 is 1.37 bits per heavy atom. The maximum Gasteiger partial charge on any atom is 0.205 e. The highest BCUT2D eigenvalue weighted by molar-refractivity contribution is 7.12. The van der Waals surface area contributed by atoms with Crippen LogP contribution < -0.4 is 10.5 Å². The largest absolute Gasteiger partial charge is 0.487 e. The number of ether oxygens (including phenoxy) is 2. The molecule has 1 aromatic heterocycles. The molecule has 1 aliphatic heterocycles. The van der Waals surface area contributed by atoms with Crippen LogP contribution in [-0.4, -0.2) is 5.78 Å². The highest BCUT2D eigenvalue weighted by Gasteiger charge is 2.39. The van der Waals surface area contributed by atoms with Crippen molar-refractivity contribution in [3.05, 3.63) is 73.5 Å². The van der Waals surface area contributed by atoms with Crippen LogP contribution in [0.5, 0.6) is 5.75 Å². The number of hydrogen-bond donors (Lipinski definition) is 1. The smallest absolute Gasteiger partial charge is 0.205 e. The quantitative estimate of drug-likeness (QED) is 0.676. The van der Waals surface area contributed by atoms with Gasteiger partial charge in [0.05, 0.1) is 10.9 Å². The van der Waals surface area contributed by atoms with Crippen molar-refractivity contribution >= 4 is 28.7 Å². The minimum atomic E-state index is -0.476. The molecule has 1 aliphatic carbocycles. The molecule has 4 rings (SSSR count). The fraction of sp³-hybridized carbons (Fsp3) is 0.304. The first kappa shape index (κ1) is 20.5. The Morgan fingerprint density at radius 3 is 2.90 bits per heavy atom. The number of Topliss-reactive ketones (excluding diaryl/α,β-unsaturated/α-hetero) is 1. The number of halogens is 1. The molecule has 0 saturated heterocycles. The van der Waals surface area contributed by atoms with Gasteiger partial charge in [0.15, 0.2) is 5.78 Å². The number of carbonyl (C=O) groups is 1. The molecule has 154 valence electrons. The Hall–Kier alpha value is -2.75. The fourth-order valence-corrected chi connectivity index (χ4v) is 5.33. The summed E-state index contributed by atoms with van der Waals surface area (Å²) in [5.74, 6) is 0.872. The van der Waals surface area contributed by atoms with Crippen LogP contribution in [0, 0.1) is 11.3 Å². The molecule has 7 heteroatoms. The van der Waals surface area contributed by atoms with Crippen molar-refractivity contribution in [1.82, 2.24) is 0 Å². The van der Waals surface area contributed by atoms with E-state index in [0.717, 1.165) is 28.2 Å². The van der Waals surface area contributed by atoms with Crippen molar-refractivity contribution in [2.75, 3.05) is 0 Å². The molecule has 1 atom stereocenters. The minimum Gasteiger partial charge on any atom is -0.487 e. The Balaban J connectivity index is 1.71. The van der Waals surface area contributed by atoms with Gasteiger partial charge in [0.1, 0.15) is 29.8 Å². The van der Waals surface area contributed by atoms with Crippen LogP contribution in [0.25, 0.3) is 0 Å². The zero-order valence-electron chi connectivity index (χ0n) is 16.5. The van der Waals surface area contributed by atoms with E-state index in [-0.39, 0.29) is 11.7 Å². The number of hydrogen-bond acceptors (Lipinski definition) is 6. The van der Waals surface area contributed by atoms with Crippen molar-refractivity contribution in [2.24, 2.45) is 5.73 Å². The summed E-state index contributed by atoms with van der Waals surface area (Å²) in [6.07, 6.45) is 2.68. The zero-order chi connectivity index (χ0) is 21.3. The third-order valence-electron chi connectivity index (χ3n) is 5.35. The second kappa shape index (κ2) is 8.55. The first-order chi connectivity index (χ1) is 14.5. The lowest BCUT2D eigenvalue weighted by atomic mass is 9.80. The summed E-state index contributed by atoms with van der Waals surface area (Å²) in [4.78, 5) is 14.8. The first-order valence-corrected chi connectivity index (χ1v) is 11.1. The molecule has 2 aromatic rings. The third-order valence-corrected chi connectivity index (χ3v) is 7.04. The van der Waals surface area contributed by atoms with Gasteiger partial charge in [-0.15, -0.1) is 11.3 Å². The van der Waals surface area contributed by atoms with Crippen LogP contribution >= 0.6 is 22.9 Å². The van der Waals surface area contributed by atoms with Crippen LogP contribution in [0.1, 0.15) is 47.4 Å². The van der Waals surface area contributed by atoms with Gasteiger partial charge in [0.25, 0.3) is 0 Å². The highest BCUT2D eigenvalue weighted by Crippen LogP contribution is 2.46. The van der Waals surface area contributed by atoms with Crippen LogP contribution in [-0.2, 0) is 22.6 Å². The van der Waals surface area contributed by atoms with E-state index in [2.05, 4.69) is 13.0 Å². The number of ketones is 1. The molecule has 0 unspecified atom stereocenters. The fourth-order valence-electron chi connectivity index (χ4n) is 3.91. The summed E-state index contributed by atoms with van der Waals surface area (Å²) in [5.41, 5.74) is 7.95. The van der Waals surface area contributed by atoms with Gasteiger partial charge in [-0.05, 0) is 31.0 Å². The average molecular weight is 441 g/mol. The van der Waals surface area contributed by atoms with E-state index in [4.69, 9.17) is 26.8 Å². The Kier molecular flexibility index (Phi) is 5.85. The molecule has 0 spiro atoms. The second-order valence-corrected chi connectivity index (χ2v) is 8.78. The highest BCUT2D eigenvalue weighted by atomic mass is 35.5. The molecule has 0 bridgehead atoms. The number of nitrogens with two attached hydrogens (primary N) is 1. The molecule has 0 radical (unpaired) electrons. The van der Waals surface area contributed by atoms with Gasteiger partial charge in [-0.2, -0.15) is 5.26 Å². The van der Waals surface area contributed by atoms with E-state index in [9.17, 15) is 10.1 Å². The number of rotatable bonds is 5. The Morgan fingerprint density at radius 2 is 2.17 bits per heavy atom. The normalized spacial score (nSPS) is 18.7. The lowest BCUT2D eigenvalue weighted by Crippen LogP contribution is -2.27. The molecular formula is C23H21ClN2O3S. The summed E-state index contributed by atoms with van der Waals surface area (Å²) >= 11 is 7.79. The van der Waals surface area contributed by atoms with Crippen LogP contribution in [0.15, 0.2) is 53.1 Å². The molecule has 30 heavy (non-hydrogen) atoms. The number of benzene rings is 1. The predicted octanol–water partition coefficient (Wildman–Crippen LogP) is 5.36. The van der Waals surface area contributed by atoms with Crippen LogP contribution in [0.2, 0.25) is 5.02 Å². The second-order valence-electron chi connectivity index (χ2n) is 7.21. The Labute approximate surface area is 184 Å². The lowest BCUT2D eigenvalue weighted by Gasteiger charge is -2.30. The number of nitriles is 1. The summed E-state index contributed by atoms with van der Waals surface area (Å²) in [7, 11) is 0. The Bertz CT molecular complexity index is 1110. The molecule has 2 heterocycles. The van der Waals surface area contributed by atoms with E-state index in [1.165, 1.54) is 0 Å². The van der Waals surface area contributed by atoms with E-state index >= 15 is 0 Å². The number of nitrogens with zero attached hydrogens (tertiary/aromatic N) is 1. The minimum absolute atomic E-state index is 0.0295. The van der Waals surface area contributed by atoms with Gasteiger partial charge in [-0.3, -0.25) is 4.79 Å². The number of thiophene rings is 1. The predicted molar refractivity (Wildman–Crippen MR) is 116 cm³/mol. The topological polar surface area (TPSA) is 85.3 Å². The van der Waals surface area contributed by atoms with Crippen molar-refractivity contribution in [3.8, 4) is 11.8 Å². The van der Waals surface area contributed by atoms with Crippen molar-refractivity contribution in [1.29, 1.82) is 5.26 Å². The van der Waals surface area contributed by atoms with Gasteiger partial charge in [-0.25, -0.2) is 0 Å². The first-order valence-electron chi connectivity index (χ1n) is 9.86. The van der Waals surface area contributed by atoms with E-state index in [0.29, 0.717) is 47.1 Å². The van der Waals surface area contributed by atoms with E-state index in [1.807, 2.05) is 24.3 Å². The molecule has 2 aliphatic rings. The maximum atomic E-state index is 12.7. The number of allylic oxidation sites excluding steroid dienone is 3. The molecule has 2 N–H and O–H groups in total. The van der Waals surface area contributed by atoms with Crippen molar-refractivity contribution in [2.45, 2.75) is 45.1 Å². The summed E-state index contributed by atoms with van der Waals surface area (Å²) in [5, 5.41) is 10.3. The number of carbonyl (C=O) groups excluding carboxylic acids is 1. The van der Waals surface area contributed by atoms with Gasteiger partial charge >= 0.3 is 0 Å². The van der Waals surface area contributed by atoms with Gasteiger partial charge in [0.2, 0.25) is 5.88 Å². The number of para-hydroxylation sites is 1. The van der Waals surface area contributed by atoms with E-state index in [1.54, 1.807) is 17.4 Å². The van der Waals surface area contributed by atoms with Gasteiger partial charge in [-0.1, -0.05) is 30.7 Å². The molecule has 5 nitrogen and oxygen atoms in total. The van der Waals surface area contributed by atoms with Crippen molar-refractivity contribution < 1.29 is 14.3 Å².